The molecule has 9 heteroatoms. The number of H-pyrrole nitrogens is 1. The molecule has 0 fully saturated rings. The summed E-state index contributed by atoms with van der Waals surface area (Å²) in [5.41, 5.74) is -0.169. The van der Waals surface area contributed by atoms with Crippen LogP contribution in [0.3, 0.4) is 0 Å². The van der Waals surface area contributed by atoms with Crippen molar-refractivity contribution in [1.29, 1.82) is 0 Å². The van der Waals surface area contributed by atoms with Gasteiger partial charge in [0.15, 0.2) is 5.69 Å². The van der Waals surface area contributed by atoms with Crippen molar-refractivity contribution in [1.82, 2.24) is 10.2 Å². The zero-order valence-electron chi connectivity index (χ0n) is 10.8. The van der Waals surface area contributed by atoms with E-state index >= 15 is 0 Å². The number of esters is 1. The van der Waals surface area contributed by atoms with Gasteiger partial charge in [0.05, 0.1) is 18.4 Å². The molecule has 0 aliphatic rings. The monoisotopic (exact) mass is 310 g/mol. The minimum Gasteiger partial charge on any atom is -0.458 e. The van der Waals surface area contributed by atoms with Crippen LogP contribution >= 0.6 is 10.7 Å². The van der Waals surface area contributed by atoms with Gasteiger partial charge in [0.2, 0.25) is 0 Å². The van der Waals surface area contributed by atoms with E-state index in [4.69, 9.17) is 20.2 Å². The lowest BCUT2D eigenvalue weighted by Crippen LogP contribution is -2.15. The number of carbonyl (C=O) groups is 1. The lowest BCUT2D eigenvalue weighted by molar-refractivity contribution is 0.0170. The molecule has 0 spiro atoms. The number of halogens is 1. The molecule has 0 saturated heterocycles. The molecule has 1 aromatic heterocycles. The molecule has 7 nitrogen and oxygen atoms in total. The van der Waals surface area contributed by atoms with E-state index < -0.39 is 15.0 Å². The third kappa shape index (κ3) is 4.48. The van der Waals surface area contributed by atoms with Gasteiger partial charge in [0.1, 0.15) is 11.5 Å². The van der Waals surface area contributed by atoms with Gasteiger partial charge in [-0.1, -0.05) is 0 Å². The van der Waals surface area contributed by atoms with Crippen LogP contribution in [0.1, 0.15) is 30.0 Å². The van der Waals surface area contributed by atoms with Gasteiger partial charge in [-0.25, -0.2) is 13.2 Å². The maximum atomic E-state index is 11.7. The smallest absolute Gasteiger partial charge is 0.360 e. The predicted molar refractivity (Wildman–Crippen MR) is 67.7 cm³/mol. The van der Waals surface area contributed by atoms with Crippen molar-refractivity contribution >= 4 is 25.7 Å². The Morgan fingerprint density at radius 1 is 1.42 bits per heavy atom. The fraction of sp³-hybridized carbons (Fsp3) is 0.600. The van der Waals surface area contributed by atoms with Crippen LogP contribution in [0.25, 0.3) is 0 Å². The van der Waals surface area contributed by atoms with Crippen LogP contribution in [0.5, 0.6) is 0 Å². The van der Waals surface area contributed by atoms with Crippen molar-refractivity contribution in [2.45, 2.75) is 31.8 Å². The Labute approximate surface area is 115 Å². The van der Waals surface area contributed by atoms with Gasteiger partial charge in [0.25, 0.3) is 9.05 Å². The van der Waals surface area contributed by atoms with Gasteiger partial charge in [-0.05, 0) is 20.8 Å². The van der Waals surface area contributed by atoms with Crippen LogP contribution in [0.15, 0.2) is 4.90 Å². The normalized spacial score (nSPS) is 11.8. The van der Waals surface area contributed by atoms with E-state index in [2.05, 4.69) is 10.2 Å². The number of carbonyl (C=O) groups excluding carboxylic acids is 1. The Kier molecular flexibility index (Phi) is 5.33. The van der Waals surface area contributed by atoms with Crippen LogP contribution in [0.2, 0.25) is 0 Å². The first-order chi connectivity index (χ1) is 8.73. The summed E-state index contributed by atoms with van der Waals surface area (Å²) in [5, 5.41) is 5.98. The summed E-state index contributed by atoms with van der Waals surface area (Å²) in [5.74, 6) is -0.865. The molecule has 1 aromatic rings. The standard InChI is InChI=1S/C10H15ClN2O5S/c1-6(2)17-4-5-18-10(14)8-9(19(11,15)16)7(3)12-13-8/h6H,4-5H2,1-3H3,(H,12,13). The van der Waals surface area contributed by atoms with Crippen LogP contribution < -0.4 is 0 Å². The highest BCUT2D eigenvalue weighted by Crippen LogP contribution is 2.22. The molecule has 0 radical (unpaired) electrons. The Bertz CT molecular complexity index is 552. The highest BCUT2D eigenvalue weighted by Gasteiger charge is 2.27. The maximum absolute atomic E-state index is 11.7. The van der Waals surface area contributed by atoms with Crippen LogP contribution in [-0.4, -0.2) is 43.9 Å². The first kappa shape index (κ1) is 15.9. The zero-order valence-corrected chi connectivity index (χ0v) is 12.3. The van der Waals surface area contributed by atoms with Gasteiger partial charge in [0, 0.05) is 10.7 Å². The van der Waals surface area contributed by atoms with Gasteiger partial charge >= 0.3 is 5.97 Å². The van der Waals surface area contributed by atoms with Crippen molar-refractivity contribution in [2.24, 2.45) is 0 Å². The maximum Gasteiger partial charge on any atom is 0.360 e. The van der Waals surface area contributed by atoms with E-state index in [9.17, 15) is 13.2 Å². The third-order valence-electron chi connectivity index (χ3n) is 2.10. The second-order valence-electron chi connectivity index (χ2n) is 4.02. The molecule has 1 rings (SSSR count). The fourth-order valence-corrected chi connectivity index (χ4v) is 2.68. The number of aromatic amines is 1. The number of nitrogens with zero attached hydrogens (tertiary/aromatic N) is 1. The second kappa shape index (κ2) is 6.36. The number of hydrogen-bond acceptors (Lipinski definition) is 6. The van der Waals surface area contributed by atoms with Gasteiger partial charge in [-0.15, -0.1) is 0 Å². The summed E-state index contributed by atoms with van der Waals surface area (Å²) in [6.45, 7) is 5.36. The van der Waals surface area contributed by atoms with Crippen molar-refractivity contribution < 1.29 is 22.7 Å². The Balaban J connectivity index is 2.74. The molecule has 19 heavy (non-hydrogen) atoms. The summed E-state index contributed by atoms with van der Waals surface area (Å²) >= 11 is 0. The minimum absolute atomic E-state index is 0.00466. The summed E-state index contributed by atoms with van der Waals surface area (Å²) in [7, 11) is 1.17. The number of aromatic nitrogens is 2. The zero-order chi connectivity index (χ0) is 14.6. The molecule has 0 atom stereocenters. The molecule has 0 bridgehead atoms. The topological polar surface area (TPSA) is 98.3 Å². The molecule has 0 saturated carbocycles. The van der Waals surface area contributed by atoms with Gasteiger partial charge in [-0.3, -0.25) is 5.10 Å². The molecule has 1 N–H and O–H groups in total. The average molecular weight is 311 g/mol. The molecule has 0 amide bonds. The lowest BCUT2D eigenvalue weighted by Gasteiger charge is -2.07. The lowest BCUT2D eigenvalue weighted by atomic mass is 10.4. The highest BCUT2D eigenvalue weighted by molar-refractivity contribution is 8.13. The number of ether oxygens (including phenoxy) is 2. The highest BCUT2D eigenvalue weighted by atomic mass is 35.7. The third-order valence-corrected chi connectivity index (χ3v) is 3.55. The molecule has 0 aliphatic carbocycles. The van der Waals surface area contributed by atoms with Gasteiger partial charge < -0.3 is 9.47 Å². The van der Waals surface area contributed by atoms with Crippen LogP contribution in [0.4, 0.5) is 0 Å². The van der Waals surface area contributed by atoms with Gasteiger partial charge in [-0.2, -0.15) is 5.10 Å². The first-order valence-corrected chi connectivity index (χ1v) is 7.82. The summed E-state index contributed by atoms with van der Waals surface area (Å²) < 4.78 is 32.7. The number of rotatable bonds is 6. The first-order valence-electron chi connectivity index (χ1n) is 5.51. The number of aryl methyl sites for hydroxylation is 1. The van der Waals surface area contributed by atoms with E-state index in [1.54, 1.807) is 0 Å². The quantitative estimate of drug-likeness (QED) is 0.482. The number of nitrogens with one attached hydrogen (secondary N) is 1. The summed E-state index contributed by atoms with van der Waals surface area (Å²) in [4.78, 5) is 11.3. The minimum atomic E-state index is -4.06. The van der Waals surface area contributed by atoms with Crippen LogP contribution in [0, 0.1) is 6.92 Å². The van der Waals surface area contributed by atoms with E-state index in [0.717, 1.165) is 0 Å². The van der Waals surface area contributed by atoms with Crippen molar-refractivity contribution in [2.75, 3.05) is 13.2 Å². The summed E-state index contributed by atoms with van der Waals surface area (Å²) in [6.07, 6.45) is 0.0186. The van der Waals surface area contributed by atoms with Crippen molar-refractivity contribution in [3.63, 3.8) is 0 Å². The van der Waals surface area contributed by atoms with E-state index in [1.807, 2.05) is 13.8 Å². The SMILES string of the molecule is Cc1[nH]nc(C(=O)OCCOC(C)C)c1S(=O)(=O)Cl. The van der Waals surface area contributed by atoms with Crippen molar-refractivity contribution in [3.8, 4) is 0 Å². The molecule has 0 aromatic carbocycles. The Morgan fingerprint density at radius 2 is 2.05 bits per heavy atom. The average Bonchev–Trinajstić information content (AvgIpc) is 2.65. The van der Waals surface area contributed by atoms with Crippen LogP contribution in [-0.2, 0) is 18.5 Å². The molecular formula is C10H15ClN2O5S. The summed E-state index contributed by atoms with van der Waals surface area (Å²) in [6, 6.07) is 0. The Hall–Kier alpha value is -1.12. The number of hydrogen-bond donors (Lipinski definition) is 1. The molecular weight excluding hydrogens is 296 g/mol. The molecule has 108 valence electrons. The van der Waals surface area contributed by atoms with Crippen molar-refractivity contribution in [3.05, 3.63) is 11.4 Å². The van der Waals surface area contributed by atoms with E-state index in [1.165, 1.54) is 6.92 Å². The molecule has 0 aliphatic heterocycles. The largest absolute Gasteiger partial charge is 0.458 e. The van der Waals surface area contributed by atoms with E-state index in [-0.39, 0.29) is 35.6 Å². The fourth-order valence-electron chi connectivity index (χ4n) is 1.34. The second-order valence-corrected chi connectivity index (χ2v) is 6.52. The predicted octanol–water partition coefficient (Wildman–Crippen LogP) is 1.23. The van der Waals surface area contributed by atoms with E-state index in [0.29, 0.717) is 0 Å². The molecule has 1 heterocycles. The Morgan fingerprint density at radius 3 is 2.58 bits per heavy atom. The molecule has 0 unspecified atom stereocenters.